The summed E-state index contributed by atoms with van der Waals surface area (Å²) < 4.78 is 32.1. The van der Waals surface area contributed by atoms with E-state index in [1.165, 1.54) is 10.7 Å². The van der Waals surface area contributed by atoms with E-state index in [1.807, 2.05) is 13.8 Å². The second kappa shape index (κ2) is 9.21. The van der Waals surface area contributed by atoms with Crippen LogP contribution in [0, 0.1) is 22.7 Å². The predicted molar refractivity (Wildman–Crippen MR) is 127 cm³/mol. The Morgan fingerprint density at radius 2 is 2.05 bits per heavy atom. The van der Waals surface area contributed by atoms with E-state index < -0.39 is 29.7 Å². The minimum atomic E-state index is -3.49. The Balaban J connectivity index is 1.33. The van der Waals surface area contributed by atoms with E-state index in [2.05, 4.69) is 31.9 Å². The first-order chi connectivity index (χ1) is 17.6. The van der Waals surface area contributed by atoms with Gasteiger partial charge in [0.2, 0.25) is 0 Å². The van der Waals surface area contributed by atoms with Gasteiger partial charge >= 0.3 is 5.92 Å². The molecule has 1 unspecified atom stereocenters. The van der Waals surface area contributed by atoms with E-state index in [4.69, 9.17) is 0 Å². The van der Waals surface area contributed by atoms with E-state index in [0.29, 0.717) is 48.3 Å². The third-order valence-corrected chi connectivity index (χ3v) is 6.96. The molecule has 10 nitrogen and oxygen atoms in total. The zero-order valence-corrected chi connectivity index (χ0v) is 20.6. The number of halogens is 2. The number of fused-ring (bicyclic) bond motifs is 1. The van der Waals surface area contributed by atoms with Crippen LogP contribution < -0.4 is 10.6 Å². The molecule has 2 amide bonds. The number of nitriles is 1. The lowest BCUT2D eigenvalue weighted by molar-refractivity contribution is -0.148. The lowest BCUT2D eigenvalue weighted by atomic mass is 9.92. The Morgan fingerprint density at radius 3 is 2.70 bits per heavy atom. The molecule has 2 N–H and O–H groups in total. The van der Waals surface area contributed by atoms with Gasteiger partial charge in [-0.3, -0.25) is 14.3 Å². The molecule has 0 bridgehead atoms. The molecule has 0 aromatic carbocycles. The summed E-state index contributed by atoms with van der Waals surface area (Å²) in [6.07, 6.45) is 6.59. The van der Waals surface area contributed by atoms with Gasteiger partial charge in [0, 0.05) is 18.7 Å². The summed E-state index contributed by atoms with van der Waals surface area (Å²) in [6, 6.07) is 4.57. The van der Waals surface area contributed by atoms with E-state index in [0.717, 1.165) is 0 Å². The third kappa shape index (κ3) is 5.03. The molecule has 0 aliphatic heterocycles. The van der Waals surface area contributed by atoms with Gasteiger partial charge in [-0.05, 0) is 63.1 Å². The van der Waals surface area contributed by atoms with Crippen LogP contribution in [0.25, 0.3) is 5.65 Å². The first-order valence-electron chi connectivity index (χ1n) is 12.4. The number of aromatic nitrogens is 5. The molecule has 3 heterocycles. The summed E-state index contributed by atoms with van der Waals surface area (Å²) in [5.74, 6) is -5.28. The van der Waals surface area contributed by atoms with Crippen molar-refractivity contribution in [2.75, 3.05) is 0 Å². The second-order valence-electron chi connectivity index (χ2n) is 10.3. The molecule has 0 saturated heterocycles. The molecule has 37 heavy (non-hydrogen) atoms. The second-order valence-corrected chi connectivity index (χ2v) is 10.3. The fourth-order valence-electron chi connectivity index (χ4n) is 4.50. The summed E-state index contributed by atoms with van der Waals surface area (Å²) in [5, 5.41) is 23.5. The van der Waals surface area contributed by atoms with E-state index in [1.54, 1.807) is 29.2 Å². The summed E-state index contributed by atoms with van der Waals surface area (Å²) >= 11 is 0. The molecular formula is C25H28F2N8O2. The van der Waals surface area contributed by atoms with Crippen molar-refractivity contribution in [1.82, 2.24) is 35.0 Å². The van der Waals surface area contributed by atoms with Crippen molar-refractivity contribution in [3.8, 4) is 6.07 Å². The van der Waals surface area contributed by atoms with Gasteiger partial charge in [0.25, 0.3) is 11.8 Å². The minimum Gasteiger partial charge on any atom is -0.345 e. The van der Waals surface area contributed by atoms with Crippen LogP contribution in [0.1, 0.15) is 79.8 Å². The minimum absolute atomic E-state index is 0.0267. The molecule has 2 aliphatic rings. The monoisotopic (exact) mass is 510 g/mol. The zero-order valence-electron chi connectivity index (χ0n) is 20.6. The first-order valence-corrected chi connectivity index (χ1v) is 12.4. The Kier molecular flexibility index (Phi) is 6.17. The SMILES string of the molecule is CC(C)n1nccc1C(=O)NCc1cn2ncc(C(NC(=O)C(F)(F)CC3CC3)C3(C#N)CC3)cc2n1. The molecule has 194 valence electrons. The van der Waals surface area contributed by atoms with Crippen molar-refractivity contribution in [2.45, 2.75) is 70.5 Å². The molecule has 1 atom stereocenters. The van der Waals surface area contributed by atoms with Gasteiger partial charge in [0.05, 0.1) is 42.2 Å². The standard InChI is InChI=1S/C25H28F2N8O2/c1-15(2)35-19(5-8-30-35)22(36)29-12-18-13-34-20(32-18)9-17(11-31-34)21(24(14-28)6-7-24)33-23(37)25(26,27)10-16-3-4-16/h5,8-9,11,13,15-16,21H,3-4,6-7,10,12H2,1-2H3,(H,29,36)(H,33,37). The van der Waals surface area contributed by atoms with Crippen molar-refractivity contribution < 1.29 is 18.4 Å². The molecule has 2 saturated carbocycles. The van der Waals surface area contributed by atoms with Gasteiger partial charge in [-0.2, -0.15) is 24.2 Å². The maximum atomic E-state index is 14.5. The molecule has 0 radical (unpaired) electrons. The van der Waals surface area contributed by atoms with Crippen LogP contribution in [0.5, 0.6) is 0 Å². The van der Waals surface area contributed by atoms with Crippen molar-refractivity contribution >= 4 is 17.5 Å². The van der Waals surface area contributed by atoms with Crippen LogP contribution >= 0.6 is 0 Å². The molecule has 0 spiro atoms. The number of alkyl halides is 2. The van der Waals surface area contributed by atoms with Gasteiger partial charge in [-0.1, -0.05) is 0 Å². The zero-order chi connectivity index (χ0) is 26.4. The number of amides is 2. The van der Waals surface area contributed by atoms with Gasteiger partial charge < -0.3 is 10.6 Å². The Morgan fingerprint density at radius 1 is 1.30 bits per heavy atom. The Bertz CT molecular complexity index is 1380. The van der Waals surface area contributed by atoms with Crippen LogP contribution in [-0.4, -0.2) is 42.1 Å². The summed E-state index contributed by atoms with van der Waals surface area (Å²) in [4.78, 5) is 29.6. The van der Waals surface area contributed by atoms with Crippen LogP contribution in [-0.2, 0) is 11.3 Å². The summed E-state index contributed by atoms with van der Waals surface area (Å²) in [7, 11) is 0. The molecule has 5 rings (SSSR count). The van der Waals surface area contributed by atoms with Gasteiger partial charge in [-0.25, -0.2) is 9.50 Å². The largest absolute Gasteiger partial charge is 0.345 e. The normalized spacial score (nSPS) is 17.4. The number of rotatable bonds is 10. The van der Waals surface area contributed by atoms with Gasteiger partial charge in [-0.15, -0.1) is 0 Å². The van der Waals surface area contributed by atoms with Crippen LogP contribution in [0.2, 0.25) is 0 Å². The smallest absolute Gasteiger partial charge is 0.324 e. The maximum Gasteiger partial charge on any atom is 0.324 e. The molecule has 12 heteroatoms. The number of carbonyl (C=O) groups is 2. The van der Waals surface area contributed by atoms with Crippen molar-refractivity contribution in [2.24, 2.45) is 11.3 Å². The highest BCUT2D eigenvalue weighted by Gasteiger charge is 2.54. The summed E-state index contributed by atoms with van der Waals surface area (Å²) in [6.45, 7) is 3.99. The molecule has 2 aliphatic carbocycles. The highest BCUT2D eigenvalue weighted by molar-refractivity contribution is 5.92. The van der Waals surface area contributed by atoms with Crippen LogP contribution in [0.3, 0.4) is 0 Å². The number of hydrogen-bond donors (Lipinski definition) is 2. The quantitative estimate of drug-likeness (QED) is 0.430. The van der Waals surface area contributed by atoms with Crippen LogP contribution in [0.15, 0.2) is 30.7 Å². The highest BCUT2D eigenvalue weighted by Crippen LogP contribution is 2.54. The number of carbonyl (C=O) groups excluding carboxylic acids is 2. The number of hydrogen-bond acceptors (Lipinski definition) is 6. The summed E-state index contributed by atoms with van der Waals surface area (Å²) in [5.41, 5.74) is 0.860. The highest BCUT2D eigenvalue weighted by atomic mass is 19.3. The Labute approximate surface area is 212 Å². The topological polar surface area (TPSA) is 130 Å². The fraction of sp³-hybridized carbons (Fsp3) is 0.520. The lowest BCUT2D eigenvalue weighted by Crippen LogP contribution is -2.44. The maximum absolute atomic E-state index is 14.5. The van der Waals surface area contributed by atoms with Gasteiger partial charge in [0.1, 0.15) is 5.69 Å². The van der Waals surface area contributed by atoms with Crippen LogP contribution in [0.4, 0.5) is 8.78 Å². The van der Waals surface area contributed by atoms with Gasteiger partial charge in [0.15, 0.2) is 5.65 Å². The van der Waals surface area contributed by atoms with Crippen molar-refractivity contribution in [3.63, 3.8) is 0 Å². The number of nitrogens with zero attached hydrogens (tertiary/aromatic N) is 6. The van der Waals surface area contributed by atoms with E-state index >= 15 is 0 Å². The molecule has 2 fully saturated rings. The third-order valence-electron chi connectivity index (χ3n) is 6.96. The first kappa shape index (κ1) is 24.8. The predicted octanol–water partition coefficient (Wildman–Crippen LogP) is 3.33. The van der Waals surface area contributed by atoms with E-state index in [9.17, 15) is 23.6 Å². The van der Waals surface area contributed by atoms with E-state index in [-0.39, 0.29) is 24.4 Å². The number of nitrogens with one attached hydrogen (secondary N) is 2. The molecule has 3 aromatic rings. The van der Waals surface area contributed by atoms with Crippen molar-refractivity contribution in [1.29, 1.82) is 5.26 Å². The number of imidazole rings is 1. The fourth-order valence-corrected chi connectivity index (χ4v) is 4.50. The molecule has 3 aromatic heterocycles. The molecular weight excluding hydrogens is 482 g/mol. The Hall–Kier alpha value is -3.88. The lowest BCUT2D eigenvalue weighted by Gasteiger charge is -2.26. The average Bonchev–Trinajstić information content (AvgIpc) is 3.75. The average molecular weight is 511 g/mol. The van der Waals surface area contributed by atoms with Crippen molar-refractivity contribution in [3.05, 3.63) is 47.7 Å².